The highest BCUT2D eigenvalue weighted by atomic mass is 79.9. The largest absolute Gasteiger partial charge is 0.479 e. The van der Waals surface area contributed by atoms with Crippen LogP contribution in [-0.2, 0) is 14.8 Å². The zero-order valence-electron chi connectivity index (χ0n) is 14.7. The average molecular weight is 456 g/mol. The SMILES string of the molecule is Cc1ccccc1-c1cc(Br)ccc1S(=O)(=O)N1CCC(F)(C(=O)O)CC1. The normalized spacial score (nSPS) is 17.6. The number of halogens is 2. The van der Waals surface area contributed by atoms with Gasteiger partial charge in [0.05, 0.1) is 4.90 Å². The maximum atomic E-state index is 14.3. The van der Waals surface area contributed by atoms with E-state index in [2.05, 4.69) is 15.9 Å². The monoisotopic (exact) mass is 455 g/mol. The first-order valence-corrected chi connectivity index (χ1v) is 10.7. The lowest BCUT2D eigenvalue weighted by Crippen LogP contribution is -2.48. The van der Waals surface area contributed by atoms with Gasteiger partial charge in [0.2, 0.25) is 15.7 Å². The second-order valence-electron chi connectivity index (χ2n) is 6.63. The summed E-state index contributed by atoms with van der Waals surface area (Å²) in [4.78, 5) is 11.2. The van der Waals surface area contributed by atoms with E-state index < -0.39 is 21.7 Å². The molecule has 3 rings (SSSR count). The zero-order chi connectivity index (χ0) is 19.8. The zero-order valence-corrected chi connectivity index (χ0v) is 17.1. The Labute approximate surface area is 166 Å². The summed E-state index contributed by atoms with van der Waals surface area (Å²) in [6.45, 7) is 1.56. The summed E-state index contributed by atoms with van der Waals surface area (Å²) < 4.78 is 42.6. The molecule has 5 nitrogen and oxygen atoms in total. The molecular formula is C19H19BrFNO4S. The van der Waals surface area contributed by atoms with Crippen LogP contribution in [0.25, 0.3) is 11.1 Å². The highest BCUT2D eigenvalue weighted by molar-refractivity contribution is 9.10. The Morgan fingerprint density at radius 2 is 1.78 bits per heavy atom. The van der Waals surface area contributed by atoms with Crippen molar-refractivity contribution in [3.8, 4) is 11.1 Å². The van der Waals surface area contributed by atoms with Gasteiger partial charge in [-0.2, -0.15) is 4.31 Å². The third-order valence-corrected chi connectivity index (χ3v) is 7.34. The first-order chi connectivity index (χ1) is 12.6. The van der Waals surface area contributed by atoms with Crippen molar-refractivity contribution in [2.24, 2.45) is 0 Å². The van der Waals surface area contributed by atoms with Gasteiger partial charge in [0.15, 0.2) is 0 Å². The van der Waals surface area contributed by atoms with Crippen molar-refractivity contribution in [1.82, 2.24) is 4.31 Å². The van der Waals surface area contributed by atoms with E-state index in [9.17, 15) is 17.6 Å². The van der Waals surface area contributed by atoms with Crippen LogP contribution in [0.5, 0.6) is 0 Å². The van der Waals surface area contributed by atoms with Crippen LogP contribution in [0.2, 0.25) is 0 Å². The minimum atomic E-state index is -3.90. The molecule has 1 aliphatic rings. The van der Waals surface area contributed by atoms with Crippen molar-refractivity contribution >= 4 is 31.9 Å². The van der Waals surface area contributed by atoms with Gasteiger partial charge in [-0.1, -0.05) is 40.2 Å². The summed E-state index contributed by atoms with van der Waals surface area (Å²) in [5.41, 5.74) is -0.0955. The van der Waals surface area contributed by atoms with Crippen LogP contribution in [0.15, 0.2) is 51.8 Å². The molecule has 2 aromatic rings. The molecule has 1 fully saturated rings. The lowest BCUT2D eigenvalue weighted by Gasteiger charge is -2.33. The van der Waals surface area contributed by atoms with Crippen LogP contribution in [0.3, 0.4) is 0 Å². The van der Waals surface area contributed by atoms with Crippen molar-refractivity contribution in [1.29, 1.82) is 0 Å². The Morgan fingerprint density at radius 1 is 1.15 bits per heavy atom. The molecule has 0 amide bonds. The van der Waals surface area contributed by atoms with Crippen LogP contribution < -0.4 is 0 Å². The fraction of sp³-hybridized carbons (Fsp3) is 0.316. The van der Waals surface area contributed by atoms with E-state index in [1.165, 1.54) is 10.4 Å². The van der Waals surface area contributed by atoms with Crippen molar-refractivity contribution in [2.75, 3.05) is 13.1 Å². The number of carbonyl (C=O) groups is 1. The van der Waals surface area contributed by atoms with Crippen LogP contribution in [0.1, 0.15) is 18.4 Å². The first-order valence-electron chi connectivity index (χ1n) is 8.43. The number of benzene rings is 2. The number of piperidine rings is 1. The molecule has 0 aliphatic carbocycles. The lowest BCUT2D eigenvalue weighted by molar-refractivity contribution is -0.153. The predicted molar refractivity (Wildman–Crippen MR) is 104 cm³/mol. The average Bonchev–Trinajstić information content (AvgIpc) is 2.62. The standard InChI is InChI=1S/C19H19BrFNO4S/c1-13-4-2-3-5-15(13)16-12-14(20)6-7-17(16)27(25,26)22-10-8-19(21,9-11-22)18(23)24/h2-7,12H,8-11H2,1H3,(H,23,24). The Hall–Kier alpha value is -1.77. The first kappa shape index (κ1) is 20.0. The Morgan fingerprint density at radius 3 is 2.37 bits per heavy atom. The Balaban J connectivity index is 2.02. The second kappa shape index (κ2) is 7.33. The number of alkyl halides is 1. The molecule has 0 saturated carbocycles. The molecule has 0 radical (unpaired) electrons. The van der Waals surface area contributed by atoms with Gasteiger partial charge in [-0.3, -0.25) is 0 Å². The summed E-state index contributed by atoms with van der Waals surface area (Å²) >= 11 is 3.39. The highest BCUT2D eigenvalue weighted by Crippen LogP contribution is 2.36. The fourth-order valence-electron chi connectivity index (χ4n) is 3.25. The Kier molecular flexibility index (Phi) is 5.42. The summed E-state index contributed by atoms with van der Waals surface area (Å²) in [6.07, 6.45) is -0.727. The van der Waals surface area contributed by atoms with Crippen molar-refractivity contribution in [3.05, 3.63) is 52.5 Å². The van der Waals surface area contributed by atoms with E-state index in [0.29, 0.717) is 5.56 Å². The third kappa shape index (κ3) is 3.79. The smallest absolute Gasteiger partial charge is 0.341 e. The number of hydrogen-bond acceptors (Lipinski definition) is 3. The number of sulfonamides is 1. The molecule has 1 aliphatic heterocycles. The molecule has 0 atom stereocenters. The summed E-state index contributed by atoms with van der Waals surface area (Å²) in [5, 5.41) is 9.01. The Bertz CT molecular complexity index is 985. The molecule has 27 heavy (non-hydrogen) atoms. The number of hydrogen-bond donors (Lipinski definition) is 1. The number of aryl methyl sites for hydroxylation is 1. The van der Waals surface area contributed by atoms with Gasteiger partial charge in [-0.05, 0) is 36.2 Å². The molecule has 0 aromatic heterocycles. The van der Waals surface area contributed by atoms with Gasteiger partial charge in [-0.15, -0.1) is 0 Å². The molecule has 0 unspecified atom stereocenters. The van der Waals surface area contributed by atoms with Crippen LogP contribution in [0.4, 0.5) is 4.39 Å². The van der Waals surface area contributed by atoms with Gasteiger partial charge >= 0.3 is 5.97 Å². The van der Waals surface area contributed by atoms with Crippen molar-refractivity contribution in [3.63, 3.8) is 0 Å². The van der Waals surface area contributed by atoms with E-state index in [1.54, 1.807) is 12.1 Å². The molecule has 1 saturated heterocycles. The maximum absolute atomic E-state index is 14.3. The fourth-order valence-corrected chi connectivity index (χ4v) is 5.24. The molecule has 144 valence electrons. The predicted octanol–water partition coefficient (Wildman–Crippen LogP) is 4.00. The van der Waals surface area contributed by atoms with E-state index in [4.69, 9.17) is 5.11 Å². The van der Waals surface area contributed by atoms with Gasteiger partial charge in [-0.25, -0.2) is 17.6 Å². The molecule has 1 N–H and O–H groups in total. The molecule has 8 heteroatoms. The van der Waals surface area contributed by atoms with Gasteiger partial charge in [0.25, 0.3) is 0 Å². The van der Waals surface area contributed by atoms with Crippen LogP contribution in [0, 0.1) is 6.92 Å². The lowest BCUT2D eigenvalue weighted by atomic mass is 9.95. The van der Waals surface area contributed by atoms with Crippen LogP contribution in [-0.4, -0.2) is 42.6 Å². The molecule has 1 heterocycles. The number of aliphatic carboxylic acids is 1. The van der Waals surface area contributed by atoms with E-state index in [-0.39, 0.29) is 30.8 Å². The van der Waals surface area contributed by atoms with Crippen molar-refractivity contribution < 1.29 is 22.7 Å². The quantitative estimate of drug-likeness (QED) is 0.755. The molecule has 2 aromatic carbocycles. The number of carboxylic acids is 1. The summed E-state index contributed by atoms with van der Waals surface area (Å²) in [7, 11) is -3.90. The van der Waals surface area contributed by atoms with E-state index in [1.807, 2.05) is 31.2 Å². The summed E-state index contributed by atoms with van der Waals surface area (Å²) in [5.74, 6) is -1.54. The topological polar surface area (TPSA) is 74.7 Å². The van der Waals surface area contributed by atoms with Gasteiger partial charge < -0.3 is 5.11 Å². The molecular weight excluding hydrogens is 437 g/mol. The van der Waals surface area contributed by atoms with Crippen LogP contribution >= 0.6 is 15.9 Å². The number of carboxylic acid groups (broad SMARTS) is 1. The molecule has 0 bridgehead atoms. The van der Waals surface area contributed by atoms with Gasteiger partial charge in [0, 0.05) is 36.0 Å². The highest BCUT2D eigenvalue weighted by Gasteiger charge is 2.44. The third-order valence-electron chi connectivity index (χ3n) is 4.89. The van der Waals surface area contributed by atoms with Gasteiger partial charge in [0.1, 0.15) is 0 Å². The van der Waals surface area contributed by atoms with Crippen molar-refractivity contribution in [2.45, 2.75) is 30.3 Å². The minimum absolute atomic E-state index is 0.127. The maximum Gasteiger partial charge on any atom is 0.341 e. The van der Waals surface area contributed by atoms with E-state index in [0.717, 1.165) is 15.6 Å². The second-order valence-corrected chi connectivity index (χ2v) is 9.45. The van der Waals surface area contributed by atoms with E-state index >= 15 is 0 Å². The summed E-state index contributed by atoms with van der Waals surface area (Å²) in [6, 6.07) is 12.4. The number of nitrogens with zero attached hydrogens (tertiary/aromatic N) is 1. The minimum Gasteiger partial charge on any atom is -0.479 e. The number of rotatable bonds is 4. The molecule has 0 spiro atoms.